The van der Waals surface area contributed by atoms with E-state index in [2.05, 4.69) is 0 Å². The lowest BCUT2D eigenvalue weighted by atomic mass is 9.57. The van der Waals surface area contributed by atoms with Crippen LogP contribution in [0.1, 0.15) is 86.3 Å². The van der Waals surface area contributed by atoms with Crippen molar-refractivity contribution in [3.8, 4) is 0 Å². The third-order valence-electron chi connectivity index (χ3n) is 10.7. The van der Waals surface area contributed by atoms with E-state index >= 15 is 4.79 Å². The van der Waals surface area contributed by atoms with Gasteiger partial charge in [0.05, 0.1) is 11.5 Å². The summed E-state index contributed by atoms with van der Waals surface area (Å²) in [4.78, 5) is 80.8. The summed E-state index contributed by atoms with van der Waals surface area (Å²) in [6.07, 6.45) is -5.82. The number of fused-ring (bicyclic) bond motifs is 4. The number of carbonyl (C=O) groups excluding carboxylic acids is 6. The topological polar surface area (TPSA) is 172 Å². The molecule has 0 saturated heterocycles. The summed E-state index contributed by atoms with van der Waals surface area (Å²) in [5.74, 6) is -4.81. The van der Waals surface area contributed by atoms with Crippen LogP contribution in [0.4, 0.5) is 0 Å². The quantitative estimate of drug-likeness (QED) is 0.221. The number of benzene rings is 1. The van der Waals surface area contributed by atoms with Gasteiger partial charge in [0.15, 0.2) is 18.0 Å². The molecule has 0 spiro atoms. The van der Waals surface area contributed by atoms with Crippen molar-refractivity contribution in [2.75, 3.05) is 14.1 Å². The van der Waals surface area contributed by atoms with Crippen LogP contribution >= 0.6 is 0 Å². The first-order valence-corrected chi connectivity index (χ1v) is 17.4. The Bertz CT molecular complexity index is 1640. The van der Waals surface area contributed by atoms with Gasteiger partial charge in [0.25, 0.3) is 0 Å². The molecule has 9 atom stereocenters. The van der Waals surface area contributed by atoms with Crippen molar-refractivity contribution in [3.05, 3.63) is 58.7 Å². The molecule has 0 unspecified atom stereocenters. The molecule has 1 fully saturated rings. The van der Waals surface area contributed by atoms with Crippen molar-refractivity contribution in [1.29, 1.82) is 0 Å². The van der Waals surface area contributed by atoms with E-state index in [1.54, 1.807) is 63.2 Å². The minimum Gasteiger partial charge on any atom is -0.461 e. The molecule has 0 aliphatic heterocycles. The van der Waals surface area contributed by atoms with Gasteiger partial charge in [-0.2, -0.15) is 0 Å². The molecule has 4 bridgehead atoms. The van der Waals surface area contributed by atoms with Crippen molar-refractivity contribution in [2.24, 2.45) is 16.7 Å². The zero-order chi connectivity index (χ0) is 38.9. The number of ether oxygens (including phenoxy) is 5. The molecule has 3 aliphatic rings. The van der Waals surface area contributed by atoms with Gasteiger partial charge >= 0.3 is 29.8 Å². The summed E-state index contributed by atoms with van der Waals surface area (Å²) in [5, 5.41) is 11.4. The first kappa shape index (κ1) is 40.4. The molecular formula is C39H51NO12. The van der Waals surface area contributed by atoms with Crippen LogP contribution in [0.3, 0.4) is 0 Å². The monoisotopic (exact) mass is 725 g/mol. The number of hydrogen-bond acceptors (Lipinski definition) is 13. The Morgan fingerprint density at radius 1 is 0.808 bits per heavy atom. The van der Waals surface area contributed by atoms with Crippen LogP contribution in [0.25, 0.3) is 0 Å². The first-order chi connectivity index (χ1) is 24.2. The average molecular weight is 726 g/mol. The number of aliphatic hydroxyl groups excluding tert-OH is 1. The summed E-state index contributed by atoms with van der Waals surface area (Å²) in [7, 11) is 3.43. The lowest BCUT2D eigenvalue weighted by Crippen LogP contribution is -2.57. The molecule has 1 N–H and O–H groups in total. The van der Waals surface area contributed by atoms with E-state index in [9.17, 15) is 29.1 Å². The second kappa shape index (κ2) is 15.7. The molecule has 1 saturated carbocycles. The highest BCUT2D eigenvalue weighted by molar-refractivity contribution is 5.94. The van der Waals surface area contributed by atoms with Gasteiger partial charge in [-0.15, -0.1) is 0 Å². The maximum Gasteiger partial charge on any atom is 0.337 e. The van der Waals surface area contributed by atoms with Crippen LogP contribution in [0.15, 0.2) is 53.1 Å². The molecule has 4 rings (SSSR count). The van der Waals surface area contributed by atoms with Crippen molar-refractivity contribution < 1.29 is 57.6 Å². The summed E-state index contributed by atoms with van der Waals surface area (Å²) in [6, 6.07) is 8.17. The van der Waals surface area contributed by atoms with Crippen LogP contribution in [-0.2, 0) is 52.5 Å². The van der Waals surface area contributed by atoms with Gasteiger partial charge in [0.2, 0.25) is 0 Å². The summed E-state index contributed by atoms with van der Waals surface area (Å²) >= 11 is 0. The summed E-state index contributed by atoms with van der Waals surface area (Å²) < 4.78 is 29.4. The van der Waals surface area contributed by atoms with Crippen molar-refractivity contribution in [3.63, 3.8) is 0 Å². The second-order valence-corrected chi connectivity index (χ2v) is 15.0. The Morgan fingerprint density at radius 3 is 1.92 bits per heavy atom. The predicted octanol–water partition coefficient (Wildman–Crippen LogP) is 3.96. The minimum absolute atomic E-state index is 0.143. The van der Waals surface area contributed by atoms with E-state index in [1.807, 2.05) is 19.9 Å². The maximum atomic E-state index is 15.0. The molecule has 13 nitrogen and oxygen atoms in total. The fraction of sp³-hybridized carbons (Fsp3) is 0.590. The van der Waals surface area contributed by atoms with Crippen molar-refractivity contribution >= 4 is 35.6 Å². The van der Waals surface area contributed by atoms with Gasteiger partial charge in [-0.1, -0.05) is 44.2 Å². The van der Waals surface area contributed by atoms with E-state index in [-0.39, 0.29) is 19.3 Å². The largest absolute Gasteiger partial charge is 0.461 e. The zero-order valence-corrected chi connectivity index (χ0v) is 31.6. The number of hydrogen-bond donors (Lipinski definition) is 1. The molecule has 13 heteroatoms. The molecule has 3 aliphatic carbocycles. The van der Waals surface area contributed by atoms with E-state index < -0.39 is 95.0 Å². The molecule has 52 heavy (non-hydrogen) atoms. The van der Waals surface area contributed by atoms with Crippen molar-refractivity contribution in [1.82, 2.24) is 4.90 Å². The van der Waals surface area contributed by atoms with Crippen LogP contribution in [-0.4, -0.2) is 96.4 Å². The number of likely N-dealkylation sites (N-methyl/N-ethyl adjacent to an activating group) is 1. The maximum absolute atomic E-state index is 15.0. The fourth-order valence-electron chi connectivity index (χ4n) is 8.28. The third-order valence-corrected chi connectivity index (χ3v) is 10.7. The number of nitrogens with zero attached hydrogens (tertiary/aromatic N) is 1. The van der Waals surface area contributed by atoms with Gasteiger partial charge in [0, 0.05) is 40.0 Å². The third kappa shape index (κ3) is 8.31. The van der Waals surface area contributed by atoms with Crippen molar-refractivity contribution in [2.45, 2.75) is 117 Å². The van der Waals surface area contributed by atoms with Gasteiger partial charge in [-0.3, -0.25) is 28.9 Å². The number of rotatable bonds is 9. The number of aliphatic hydroxyl groups is 1. The van der Waals surface area contributed by atoms with Gasteiger partial charge in [0.1, 0.15) is 24.4 Å². The Labute approximate surface area is 304 Å². The zero-order valence-electron chi connectivity index (χ0n) is 31.6. The lowest BCUT2D eigenvalue weighted by Gasteiger charge is -2.51. The van der Waals surface area contributed by atoms with Crippen LogP contribution in [0.2, 0.25) is 0 Å². The molecule has 1 aromatic carbocycles. The highest BCUT2D eigenvalue weighted by atomic mass is 16.6. The summed E-state index contributed by atoms with van der Waals surface area (Å²) in [6.45, 7) is 11.8. The SMILES string of the molecule is CC(=O)O[C@H]1C(=O)[C@@]2(C)CC(=C[C@H](OC(C)=O)[C@@H]3C[C@H](OC(C)=O)C(C)=C1C3(C)C)[C@@H](OC(=O)[C@H](O)[C@H](c1ccccc1)N(C)C)C[C@@H]2OC(C)=O. The van der Waals surface area contributed by atoms with E-state index in [0.717, 1.165) is 0 Å². The molecule has 1 aromatic rings. The van der Waals surface area contributed by atoms with E-state index in [1.165, 1.54) is 27.7 Å². The molecule has 0 radical (unpaired) electrons. The smallest absolute Gasteiger partial charge is 0.337 e. The highest BCUT2D eigenvalue weighted by Crippen LogP contribution is 2.54. The number of ketones is 1. The Kier molecular flexibility index (Phi) is 12.2. The fourth-order valence-corrected chi connectivity index (χ4v) is 8.28. The van der Waals surface area contributed by atoms with Crippen LogP contribution in [0, 0.1) is 16.7 Å². The Hall–Kier alpha value is -4.36. The van der Waals surface area contributed by atoms with Gasteiger partial charge in [-0.25, -0.2) is 4.79 Å². The molecule has 284 valence electrons. The molecule has 0 heterocycles. The number of esters is 5. The van der Waals surface area contributed by atoms with E-state index in [4.69, 9.17) is 23.7 Å². The Morgan fingerprint density at radius 2 is 1.38 bits per heavy atom. The highest BCUT2D eigenvalue weighted by Gasteiger charge is 2.59. The van der Waals surface area contributed by atoms with Crippen LogP contribution in [0.5, 0.6) is 0 Å². The molecule has 0 aromatic heterocycles. The standard InChI is InChI=1S/C39H51NO12/c1-20-28(48-21(2)41)17-27-30(49-22(3)42)16-26-19-39(8,36(46)35(51-24(5)44)32(20)38(27,6)7)31(50-23(4)43)18-29(26)52-37(47)34(45)33(40(9)10)25-14-12-11-13-15-25/h11-16,27-31,33-35,45H,17-19H2,1-10H3/t27-,28-,29-,30-,31-,33-,34+,35+,39-/m0/s1. The van der Waals surface area contributed by atoms with E-state index in [0.29, 0.717) is 22.3 Å². The molecule has 0 amide bonds. The normalized spacial score (nSPS) is 29.5. The molecular weight excluding hydrogens is 674 g/mol. The van der Waals surface area contributed by atoms with Crippen LogP contribution < -0.4 is 0 Å². The summed E-state index contributed by atoms with van der Waals surface area (Å²) in [5.41, 5.74) is -0.616. The average Bonchev–Trinajstić information content (AvgIpc) is 3.02. The number of carbonyl (C=O) groups is 6. The first-order valence-electron chi connectivity index (χ1n) is 17.4. The predicted molar refractivity (Wildman–Crippen MR) is 186 cm³/mol. The minimum atomic E-state index is -1.64. The van der Waals surface area contributed by atoms with Gasteiger partial charge < -0.3 is 28.8 Å². The Balaban J connectivity index is 1.94. The van der Waals surface area contributed by atoms with Gasteiger partial charge in [-0.05, 0) is 74.6 Å². The second-order valence-electron chi connectivity index (χ2n) is 15.0. The lowest BCUT2D eigenvalue weighted by molar-refractivity contribution is -0.177. The number of Topliss-reactive ketones (excluding diaryl/α,β-unsaturated/α-hetero) is 1.